The average Bonchev–Trinajstić information content (AvgIpc) is 2.39. The molecule has 0 saturated carbocycles. The number of aromatic nitrogens is 2. The summed E-state index contributed by atoms with van der Waals surface area (Å²) in [5, 5.41) is 3.00. The first kappa shape index (κ1) is 14.5. The van der Waals surface area contributed by atoms with E-state index in [2.05, 4.69) is 15.3 Å². The van der Waals surface area contributed by atoms with Gasteiger partial charge in [-0.3, -0.25) is 0 Å². The standard InChI is InChI=1S/C14H14F3N3/c1-7-10(6-18-3)8(2)20-14(19-7)9-4-11(15)13(17)12(16)5-9/h4-5,18H,6H2,1-3H3. The molecule has 2 aromatic rings. The monoisotopic (exact) mass is 281 g/mol. The van der Waals surface area contributed by atoms with Crippen molar-refractivity contribution in [1.82, 2.24) is 15.3 Å². The molecule has 6 heteroatoms. The van der Waals surface area contributed by atoms with Crippen molar-refractivity contribution in [3.63, 3.8) is 0 Å². The molecule has 0 fully saturated rings. The molecular formula is C14H14F3N3. The summed E-state index contributed by atoms with van der Waals surface area (Å²) in [6.45, 7) is 4.19. The van der Waals surface area contributed by atoms with Gasteiger partial charge in [-0.2, -0.15) is 0 Å². The van der Waals surface area contributed by atoms with Crippen molar-refractivity contribution >= 4 is 0 Å². The van der Waals surface area contributed by atoms with Crippen LogP contribution in [-0.4, -0.2) is 17.0 Å². The van der Waals surface area contributed by atoms with Gasteiger partial charge in [0.25, 0.3) is 0 Å². The van der Waals surface area contributed by atoms with Gasteiger partial charge < -0.3 is 5.32 Å². The number of aryl methyl sites for hydroxylation is 2. The normalized spacial score (nSPS) is 10.9. The van der Waals surface area contributed by atoms with Crippen LogP contribution in [-0.2, 0) is 6.54 Å². The Morgan fingerprint density at radius 2 is 1.50 bits per heavy atom. The van der Waals surface area contributed by atoms with Gasteiger partial charge in [0, 0.05) is 29.1 Å². The van der Waals surface area contributed by atoms with E-state index in [1.54, 1.807) is 20.9 Å². The zero-order chi connectivity index (χ0) is 14.9. The third-order valence-corrected chi connectivity index (χ3v) is 3.02. The van der Waals surface area contributed by atoms with Crippen LogP contribution in [0.25, 0.3) is 11.4 Å². The van der Waals surface area contributed by atoms with Crippen LogP contribution in [0.5, 0.6) is 0 Å². The summed E-state index contributed by atoms with van der Waals surface area (Å²) >= 11 is 0. The van der Waals surface area contributed by atoms with Crippen molar-refractivity contribution in [3.05, 3.63) is 46.5 Å². The Bertz CT molecular complexity index is 610. The summed E-state index contributed by atoms with van der Waals surface area (Å²) in [4.78, 5) is 8.46. The molecule has 0 bridgehead atoms. The van der Waals surface area contributed by atoms with E-state index < -0.39 is 17.5 Å². The van der Waals surface area contributed by atoms with Gasteiger partial charge in [0.1, 0.15) is 0 Å². The Morgan fingerprint density at radius 3 is 1.95 bits per heavy atom. The fraction of sp³-hybridized carbons (Fsp3) is 0.286. The molecule has 0 aliphatic heterocycles. The van der Waals surface area contributed by atoms with Crippen LogP contribution >= 0.6 is 0 Å². The first-order chi connectivity index (χ1) is 9.43. The highest BCUT2D eigenvalue weighted by Gasteiger charge is 2.15. The molecule has 0 aliphatic carbocycles. The van der Waals surface area contributed by atoms with Gasteiger partial charge in [-0.05, 0) is 33.0 Å². The number of halogens is 3. The maximum atomic E-state index is 13.2. The van der Waals surface area contributed by atoms with E-state index in [0.717, 1.165) is 17.7 Å². The number of benzene rings is 1. The highest BCUT2D eigenvalue weighted by molar-refractivity contribution is 5.56. The topological polar surface area (TPSA) is 37.8 Å². The van der Waals surface area contributed by atoms with Gasteiger partial charge in [0.15, 0.2) is 23.3 Å². The van der Waals surface area contributed by atoms with E-state index in [1.807, 2.05) is 0 Å². The molecule has 0 atom stereocenters. The van der Waals surface area contributed by atoms with Crippen LogP contribution in [0.3, 0.4) is 0 Å². The van der Waals surface area contributed by atoms with Crippen LogP contribution in [0.2, 0.25) is 0 Å². The third kappa shape index (κ3) is 2.65. The second-order valence-corrected chi connectivity index (χ2v) is 4.48. The van der Waals surface area contributed by atoms with Crippen molar-refractivity contribution in [2.45, 2.75) is 20.4 Å². The first-order valence-electron chi connectivity index (χ1n) is 6.07. The lowest BCUT2D eigenvalue weighted by Gasteiger charge is -2.10. The molecule has 1 heterocycles. The van der Waals surface area contributed by atoms with Gasteiger partial charge in [0.2, 0.25) is 0 Å². The Kier molecular flexibility index (Phi) is 4.04. The molecule has 20 heavy (non-hydrogen) atoms. The zero-order valence-corrected chi connectivity index (χ0v) is 11.4. The molecular weight excluding hydrogens is 267 g/mol. The molecule has 0 unspecified atom stereocenters. The lowest BCUT2D eigenvalue weighted by Crippen LogP contribution is -2.11. The largest absolute Gasteiger partial charge is 0.316 e. The van der Waals surface area contributed by atoms with Gasteiger partial charge in [0.05, 0.1) is 0 Å². The van der Waals surface area contributed by atoms with E-state index in [1.165, 1.54) is 0 Å². The molecule has 1 aromatic heterocycles. The lowest BCUT2D eigenvalue weighted by molar-refractivity contribution is 0.447. The average molecular weight is 281 g/mol. The Morgan fingerprint density at radius 1 is 1.00 bits per heavy atom. The Hall–Kier alpha value is -1.95. The van der Waals surface area contributed by atoms with Gasteiger partial charge in [-0.25, -0.2) is 23.1 Å². The minimum atomic E-state index is -1.49. The van der Waals surface area contributed by atoms with Crippen LogP contribution in [0.1, 0.15) is 17.0 Å². The van der Waals surface area contributed by atoms with E-state index >= 15 is 0 Å². The number of rotatable bonds is 3. The minimum Gasteiger partial charge on any atom is -0.316 e. The van der Waals surface area contributed by atoms with Gasteiger partial charge in [-0.1, -0.05) is 0 Å². The summed E-state index contributed by atoms with van der Waals surface area (Å²) in [7, 11) is 1.80. The molecule has 1 N–H and O–H groups in total. The molecule has 0 amide bonds. The number of nitrogens with zero attached hydrogens (tertiary/aromatic N) is 2. The SMILES string of the molecule is CNCc1c(C)nc(-c2cc(F)c(F)c(F)c2)nc1C. The summed E-state index contributed by atoms with van der Waals surface area (Å²) < 4.78 is 39.4. The zero-order valence-electron chi connectivity index (χ0n) is 11.4. The molecule has 0 spiro atoms. The summed E-state index contributed by atoms with van der Waals surface area (Å²) in [5.41, 5.74) is 2.47. The molecule has 0 aliphatic rings. The van der Waals surface area contributed by atoms with Crippen LogP contribution < -0.4 is 5.32 Å². The third-order valence-electron chi connectivity index (χ3n) is 3.02. The summed E-state index contributed by atoms with van der Waals surface area (Å²) in [6.07, 6.45) is 0. The van der Waals surface area contributed by atoms with Gasteiger partial charge in [-0.15, -0.1) is 0 Å². The highest BCUT2D eigenvalue weighted by Crippen LogP contribution is 2.22. The van der Waals surface area contributed by atoms with E-state index in [-0.39, 0.29) is 11.4 Å². The lowest BCUT2D eigenvalue weighted by atomic mass is 10.1. The van der Waals surface area contributed by atoms with Crippen LogP contribution in [0.4, 0.5) is 13.2 Å². The maximum Gasteiger partial charge on any atom is 0.194 e. The highest BCUT2D eigenvalue weighted by atomic mass is 19.2. The van der Waals surface area contributed by atoms with Crippen molar-refractivity contribution < 1.29 is 13.2 Å². The van der Waals surface area contributed by atoms with Crippen molar-refractivity contribution in [1.29, 1.82) is 0 Å². The second kappa shape index (κ2) is 5.58. The molecule has 2 rings (SSSR count). The van der Waals surface area contributed by atoms with Crippen molar-refractivity contribution in [2.24, 2.45) is 0 Å². The molecule has 0 saturated heterocycles. The number of nitrogens with one attached hydrogen (secondary N) is 1. The second-order valence-electron chi connectivity index (χ2n) is 4.48. The van der Waals surface area contributed by atoms with Crippen molar-refractivity contribution in [2.75, 3.05) is 7.05 Å². The molecule has 1 aromatic carbocycles. The maximum absolute atomic E-state index is 13.2. The van der Waals surface area contributed by atoms with E-state index in [9.17, 15) is 13.2 Å². The predicted molar refractivity (Wildman–Crippen MR) is 69.6 cm³/mol. The van der Waals surface area contributed by atoms with Crippen LogP contribution in [0.15, 0.2) is 12.1 Å². The predicted octanol–water partition coefficient (Wildman–Crippen LogP) is 2.90. The number of hydrogen-bond acceptors (Lipinski definition) is 3. The fourth-order valence-electron chi connectivity index (χ4n) is 1.99. The molecule has 0 radical (unpaired) electrons. The fourth-order valence-corrected chi connectivity index (χ4v) is 1.99. The summed E-state index contributed by atoms with van der Waals surface area (Å²) in [5.74, 6) is -3.82. The number of hydrogen-bond donors (Lipinski definition) is 1. The Labute approximate surface area is 114 Å². The smallest absolute Gasteiger partial charge is 0.194 e. The molecule has 3 nitrogen and oxygen atoms in total. The molecule has 106 valence electrons. The quantitative estimate of drug-likeness (QED) is 0.879. The first-order valence-corrected chi connectivity index (χ1v) is 6.07. The van der Waals surface area contributed by atoms with E-state index in [4.69, 9.17) is 0 Å². The van der Waals surface area contributed by atoms with E-state index in [0.29, 0.717) is 17.9 Å². The van der Waals surface area contributed by atoms with Crippen molar-refractivity contribution in [3.8, 4) is 11.4 Å². The van der Waals surface area contributed by atoms with Gasteiger partial charge >= 0.3 is 0 Å². The minimum absolute atomic E-state index is 0.114. The summed E-state index contributed by atoms with van der Waals surface area (Å²) in [6, 6.07) is 1.79. The Balaban J connectivity index is 2.54. The van der Waals surface area contributed by atoms with Crippen LogP contribution in [0, 0.1) is 31.3 Å².